The fourth-order valence-corrected chi connectivity index (χ4v) is 1.14. The Morgan fingerprint density at radius 1 is 1.44 bits per heavy atom. The second kappa shape index (κ2) is 3.78. The molecule has 1 aliphatic carbocycles. The van der Waals surface area contributed by atoms with Crippen LogP contribution in [0.4, 0.5) is 30.7 Å². The summed E-state index contributed by atoms with van der Waals surface area (Å²) in [5, 5.41) is 0. The van der Waals surface area contributed by atoms with E-state index in [9.17, 15) is 30.7 Å². The SMILES string of the molecule is CC(F)C(F)(F)C1(F)C=C(F)C(F)[C]=C1F. The minimum Gasteiger partial charge on any atom is -0.241 e. The van der Waals surface area contributed by atoms with Gasteiger partial charge in [-0.2, -0.15) is 8.78 Å². The van der Waals surface area contributed by atoms with Crippen molar-refractivity contribution >= 4 is 0 Å². The number of hydrogen-bond donors (Lipinski definition) is 0. The molecule has 0 aromatic rings. The number of rotatable bonds is 2. The van der Waals surface area contributed by atoms with Crippen LogP contribution in [0, 0.1) is 6.08 Å². The summed E-state index contributed by atoms with van der Waals surface area (Å²) in [4.78, 5) is 0. The molecule has 0 fully saturated rings. The third-order valence-electron chi connectivity index (χ3n) is 2.14. The van der Waals surface area contributed by atoms with Crippen LogP contribution < -0.4 is 0 Å². The third kappa shape index (κ3) is 1.72. The minimum atomic E-state index is -4.85. The average molecular weight is 247 g/mol. The van der Waals surface area contributed by atoms with E-state index >= 15 is 0 Å². The molecule has 16 heavy (non-hydrogen) atoms. The molecular weight excluding hydrogens is 241 g/mol. The summed E-state index contributed by atoms with van der Waals surface area (Å²) in [5.74, 6) is -9.18. The second-order valence-corrected chi connectivity index (χ2v) is 3.30. The van der Waals surface area contributed by atoms with Crippen molar-refractivity contribution in [3.8, 4) is 0 Å². The van der Waals surface area contributed by atoms with Gasteiger partial charge in [0.15, 0.2) is 18.2 Å². The van der Waals surface area contributed by atoms with E-state index in [2.05, 4.69) is 0 Å². The molecule has 1 rings (SSSR count). The zero-order valence-electron chi connectivity index (χ0n) is 7.88. The molecule has 0 bridgehead atoms. The lowest BCUT2D eigenvalue weighted by molar-refractivity contribution is -0.149. The Bertz CT molecular complexity index is 344. The van der Waals surface area contributed by atoms with Crippen molar-refractivity contribution in [2.24, 2.45) is 0 Å². The van der Waals surface area contributed by atoms with Crippen LogP contribution in [0.5, 0.6) is 0 Å². The van der Waals surface area contributed by atoms with Gasteiger partial charge in [0.1, 0.15) is 5.83 Å². The molecule has 0 amide bonds. The number of halogens is 7. The molecule has 0 aliphatic heterocycles. The average Bonchev–Trinajstić information content (AvgIpc) is 2.14. The quantitative estimate of drug-likeness (QED) is 0.654. The molecule has 0 aromatic carbocycles. The van der Waals surface area contributed by atoms with Gasteiger partial charge in [-0.25, -0.2) is 22.0 Å². The maximum Gasteiger partial charge on any atom is 0.321 e. The highest BCUT2D eigenvalue weighted by atomic mass is 19.3. The highest BCUT2D eigenvalue weighted by Crippen LogP contribution is 2.46. The van der Waals surface area contributed by atoms with Gasteiger partial charge in [0.05, 0.1) is 0 Å². The van der Waals surface area contributed by atoms with Gasteiger partial charge in [0, 0.05) is 12.2 Å². The molecule has 0 aromatic heterocycles. The van der Waals surface area contributed by atoms with Crippen molar-refractivity contribution in [1.29, 1.82) is 0 Å². The van der Waals surface area contributed by atoms with Gasteiger partial charge < -0.3 is 0 Å². The van der Waals surface area contributed by atoms with Crippen LogP contribution >= 0.6 is 0 Å². The van der Waals surface area contributed by atoms with Crippen molar-refractivity contribution in [3.05, 3.63) is 23.8 Å². The summed E-state index contributed by atoms with van der Waals surface area (Å²) >= 11 is 0. The van der Waals surface area contributed by atoms with Gasteiger partial charge in [0.25, 0.3) is 0 Å². The van der Waals surface area contributed by atoms with Gasteiger partial charge in [0.2, 0.25) is 5.67 Å². The summed E-state index contributed by atoms with van der Waals surface area (Å²) < 4.78 is 89.8. The Hall–Kier alpha value is -1.01. The molecule has 0 nitrogen and oxygen atoms in total. The molecule has 0 spiro atoms. The Morgan fingerprint density at radius 3 is 2.38 bits per heavy atom. The standard InChI is InChI=1S/C9H6F7/c1-4(10)9(15,16)8(14)3-6(12)5(11)2-7(8)13/h3-5H,1H3. The normalized spacial score (nSPS) is 33.1. The zero-order chi connectivity index (χ0) is 12.7. The molecule has 3 unspecified atom stereocenters. The van der Waals surface area contributed by atoms with Crippen LogP contribution in [0.15, 0.2) is 17.7 Å². The predicted molar refractivity (Wildman–Crippen MR) is 41.3 cm³/mol. The van der Waals surface area contributed by atoms with E-state index in [1.165, 1.54) is 0 Å². The topological polar surface area (TPSA) is 0 Å². The summed E-state index contributed by atoms with van der Waals surface area (Å²) in [7, 11) is 0. The van der Waals surface area contributed by atoms with Crippen LogP contribution in [0.3, 0.4) is 0 Å². The number of hydrogen-bond acceptors (Lipinski definition) is 0. The first kappa shape index (κ1) is 13.1. The van der Waals surface area contributed by atoms with E-state index in [1.807, 2.05) is 0 Å². The number of allylic oxidation sites excluding steroid dienone is 4. The predicted octanol–water partition coefficient (Wildman–Crippen LogP) is 3.55. The zero-order valence-corrected chi connectivity index (χ0v) is 7.88. The monoisotopic (exact) mass is 247 g/mol. The summed E-state index contributed by atoms with van der Waals surface area (Å²) in [6.45, 7) is 0.280. The molecular formula is C9H6F7. The second-order valence-electron chi connectivity index (χ2n) is 3.30. The molecule has 7 heteroatoms. The van der Waals surface area contributed by atoms with Gasteiger partial charge in [-0.1, -0.05) is 0 Å². The summed E-state index contributed by atoms with van der Waals surface area (Å²) in [5.41, 5.74) is -4.34. The Labute approximate surface area is 86.4 Å². The first-order chi connectivity index (χ1) is 7.13. The van der Waals surface area contributed by atoms with E-state index in [1.54, 1.807) is 0 Å². The lowest BCUT2D eigenvalue weighted by Crippen LogP contribution is -2.50. The molecule has 91 valence electrons. The Kier molecular flexibility index (Phi) is 3.08. The van der Waals surface area contributed by atoms with Gasteiger partial charge >= 0.3 is 5.92 Å². The van der Waals surface area contributed by atoms with Crippen LogP contribution in [0.2, 0.25) is 0 Å². The van der Waals surface area contributed by atoms with Gasteiger partial charge in [-0.05, 0) is 6.92 Å². The molecule has 0 saturated heterocycles. The maximum absolute atomic E-state index is 13.5. The van der Waals surface area contributed by atoms with Crippen LogP contribution in [-0.4, -0.2) is 23.9 Å². The van der Waals surface area contributed by atoms with Crippen molar-refractivity contribution in [2.75, 3.05) is 0 Å². The van der Waals surface area contributed by atoms with Crippen molar-refractivity contribution in [2.45, 2.75) is 30.9 Å². The van der Waals surface area contributed by atoms with Crippen molar-refractivity contribution in [1.82, 2.24) is 0 Å². The fraction of sp³-hybridized carbons (Fsp3) is 0.556. The van der Waals surface area contributed by atoms with Crippen LogP contribution in [0.1, 0.15) is 6.92 Å². The van der Waals surface area contributed by atoms with E-state index in [-0.39, 0.29) is 6.92 Å². The van der Waals surface area contributed by atoms with E-state index in [0.717, 1.165) is 6.08 Å². The lowest BCUT2D eigenvalue weighted by atomic mass is 9.88. The first-order valence-corrected chi connectivity index (χ1v) is 4.15. The molecule has 0 saturated carbocycles. The molecule has 0 N–H and O–H groups in total. The van der Waals surface area contributed by atoms with Crippen LogP contribution in [-0.2, 0) is 0 Å². The minimum absolute atomic E-state index is 0.280. The Balaban J connectivity index is 3.25. The van der Waals surface area contributed by atoms with E-state index in [4.69, 9.17) is 0 Å². The summed E-state index contributed by atoms with van der Waals surface area (Å²) in [6, 6.07) is 0. The smallest absolute Gasteiger partial charge is 0.241 e. The molecule has 3 atom stereocenters. The molecule has 1 radical (unpaired) electrons. The third-order valence-corrected chi connectivity index (χ3v) is 2.14. The fourth-order valence-electron chi connectivity index (χ4n) is 1.14. The highest BCUT2D eigenvalue weighted by Gasteiger charge is 2.62. The molecule has 0 heterocycles. The van der Waals surface area contributed by atoms with E-state index in [0.29, 0.717) is 0 Å². The maximum atomic E-state index is 13.5. The Morgan fingerprint density at radius 2 is 1.94 bits per heavy atom. The largest absolute Gasteiger partial charge is 0.321 e. The highest BCUT2D eigenvalue weighted by molar-refractivity contribution is 5.33. The van der Waals surface area contributed by atoms with Crippen LogP contribution in [0.25, 0.3) is 0 Å². The van der Waals surface area contributed by atoms with Crippen molar-refractivity contribution < 1.29 is 30.7 Å². The van der Waals surface area contributed by atoms with Gasteiger partial charge in [-0.15, -0.1) is 0 Å². The van der Waals surface area contributed by atoms with Crippen molar-refractivity contribution in [3.63, 3.8) is 0 Å². The number of alkyl halides is 5. The first-order valence-electron chi connectivity index (χ1n) is 4.15. The van der Waals surface area contributed by atoms with Gasteiger partial charge in [-0.3, -0.25) is 0 Å². The van der Waals surface area contributed by atoms with E-state index < -0.39 is 41.7 Å². The lowest BCUT2D eigenvalue weighted by Gasteiger charge is -2.32. The summed E-state index contributed by atoms with van der Waals surface area (Å²) in [6.07, 6.45) is -5.53. The molecule has 1 aliphatic rings.